The summed E-state index contributed by atoms with van der Waals surface area (Å²) in [6.45, 7) is -0.0488. The van der Waals surface area contributed by atoms with Crippen molar-refractivity contribution in [1.82, 2.24) is 15.0 Å². The first-order valence-corrected chi connectivity index (χ1v) is 4.08. The maximum absolute atomic E-state index is 11.7. The van der Waals surface area contributed by atoms with Gasteiger partial charge < -0.3 is 5.11 Å². The van der Waals surface area contributed by atoms with Crippen molar-refractivity contribution in [3.8, 4) is 0 Å². The summed E-state index contributed by atoms with van der Waals surface area (Å²) in [7, 11) is 0. The first kappa shape index (κ1) is 11.5. The van der Waals surface area contributed by atoms with Crippen LogP contribution in [0.3, 0.4) is 0 Å². The van der Waals surface area contributed by atoms with Crippen LogP contribution in [0, 0.1) is 0 Å². The summed E-state index contributed by atoms with van der Waals surface area (Å²) < 4.78 is 35.2. The van der Waals surface area contributed by atoms with Crippen molar-refractivity contribution in [2.24, 2.45) is 0 Å². The third kappa shape index (κ3) is 3.96. The molecule has 5 nitrogen and oxygen atoms in total. The molecule has 1 heterocycles. The summed E-state index contributed by atoms with van der Waals surface area (Å²) in [5.41, 5.74) is -0.276. The Kier molecular flexibility index (Phi) is 3.28. The maximum atomic E-state index is 11.7. The van der Waals surface area contributed by atoms with Crippen molar-refractivity contribution in [3.63, 3.8) is 0 Å². The highest BCUT2D eigenvalue weighted by Gasteiger charge is 2.26. The van der Waals surface area contributed by atoms with Gasteiger partial charge in [-0.2, -0.15) is 23.1 Å². The highest BCUT2D eigenvalue weighted by molar-refractivity contribution is 5.84. The number of aryl methyl sites for hydroxylation is 1. The Morgan fingerprint density at radius 1 is 1.53 bits per heavy atom. The summed E-state index contributed by atoms with van der Waals surface area (Å²) in [5.74, 6) is -1.25. The lowest BCUT2D eigenvalue weighted by molar-refractivity contribution is -0.136. The summed E-state index contributed by atoms with van der Waals surface area (Å²) in [6, 6.07) is 0. The normalized spacial score (nSPS) is 11.7. The molecule has 0 spiro atoms. The number of aromatic carboxylic acids is 1. The van der Waals surface area contributed by atoms with Crippen molar-refractivity contribution in [1.29, 1.82) is 0 Å². The molecule has 15 heavy (non-hydrogen) atoms. The maximum Gasteiger partial charge on any atom is 0.389 e. The summed E-state index contributed by atoms with van der Waals surface area (Å²) in [5, 5.41) is 15.4. The van der Waals surface area contributed by atoms with E-state index in [1.165, 1.54) is 0 Å². The Hall–Kier alpha value is -1.60. The number of rotatable bonds is 4. The van der Waals surface area contributed by atoms with Crippen molar-refractivity contribution in [2.75, 3.05) is 0 Å². The molecule has 0 saturated heterocycles. The molecule has 0 bridgehead atoms. The Balaban J connectivity index is 2.41. The molecule has 1 rings (SSSR count). The van der Waals surface area contributed by atoms with Crippen molar-refractivity contribution >= 4 is 5.97 Å². The molecule has 1 N–H and O–H groups in total. The van der Waals surface area contributed by atoms with Crippen LogP contribution in [0.25, 0.3) is 0 Å². The topological polar surface area (TPSA) is 68.0 Å². The van der Waals surface area contributed by atoms with E-state index < -0.39 is 18.6 Å². The molecule has 8 heteroatoms. The summed E-state index contributed by atoms with van der Waals surface area (Å²) in [6.07, 6.45) is -4.31. The van der Waals surface area contributed by atoms with Gasteiger partial charge in [0.05, 0.1) is 12.7 Å². The van der Waals surface area contributed by atoms with Crippen LogP contribution in [0.4, 0.5) is 13.2 Å². The molecule has 0 radical (unpaired) electrons. The van der Waals surface area contributed by atoms with Gasteiger partial charge in [-0.05, 0) is 6.42 Å². The lowest BCUT2D eigenvalue weighted by Gasteiger charge is -2.04. The molecular weight excluding hydrogens is 215 g/mol. The molecule has 0 saturated carbocycles. The van der Waals surface area contributed by atoms with Crippen LogP contribution in [-0.2, 0) is 6.54 Å². The average Bonchev–Trinajstić information content (AvgIpc) is 2.50. The van der Waals surface area contributed by atoms with Crippen LogP contribution < -0.4 is 0 Å². The Morgan fingerprint density at radius 2 is 2.20 bits per heavy atom. The van der Waals surface area contributed by atoms with Gasteiger partial charge in [0.15, 0.2) is 5.69 Å². The van der Waals surface area contributed by atoms with Crippen LogP contribution >= 0.6 is 0 Å². The number of halogens is 3. The van der Waals surface area contributed by atoms with E-state index in [1.807, 2.05) is 0 Å². The van der Waals surface area contributed by atoms with Gasteiger partial charge in [0, 0.05) is 6.42 Å². The Labute approximate surface area is 82.5 Å². The van der Waals surface area contributed by atoms with Crippen LogP contribution in [0.15, 0.2) is 6.20 Å². The van der Waals surface area contributed by atoms with E-state index in [2.05, 4.69) is 10.2 Å². The molecule has 0 aromatic carbocycles. The standard InChI is InChI=1S/C7H8F3N3O2/c8-7(9,10)2-1-3-13-11-4-5(12-13)6(14)15/h4H,1-3H2,(H,14,15). The molecule has 84 valence electrons. The van der Waals surface area contributed by atoms with E-state index in [1.54, 1.807) is 0 Å². The molecule has 0 aliphatic carbocycles. The average molecular weight is 223 g/mol. The number of aromatic nitrogens is 3. The number of hydrogen-bond acceptors (Lipinski definition) is 3. The van der Waals surface area contributed by atoms with Gasteiger partial charge in [0.1, 0.15) is 0 Å². The predicted molar refractivity (Wildman–Crippen MR) is 42.3 cm³/mol. The monoisotopic (exact) mass is 223 g/mol. The fraction of sp³-hybridized carbons (Fsp3) is 0.571. The van der Waals surface area contributed by atoms with Crippen LogP contribution in [-0.4, -0.2) is 32.2 Å². The Bertz CT molecular complexity index is 347. The molecule has 0 unspecified atom stereocenters. The second-order valence-corrected chi connectivity index (χ2v) is 2.85. The van der Waals surface area contributed by atoms with Crippen LogP contribution in [0.2, 0.25) is 0 Å². The number of carboxylic acid groups (broad SMARTS) is 1. The minimum atomic E-state index is -4.21. The van der Waals surface area contributed by atoms with Gasteiger partial charge in [-0.1, -0.05) is 0 Å². The lowest BCUT2D eigenvalue weighted by atomic mass is 10.3. The van der Waals surface area contributed by atoms with E-state index in [0.29, 0.717) is 0 Å². The Morgan fingerprint density at radius 3 is 2.67 bits per heavy atom. The largest absolute Gasteiger partial charge is 0.476 e. The van der Waals surface area contributed by atoms with Crippen molar-refractivity contribution < 1.29 is 23.1 Å². The SMILES string of the molecule is O=C(O)c1cnn(CCCC(F)(F)F)n1. The quantitative estimate of drug-likeness (QED) is 0.835. The van der Waals surface area contributed by atoms with Crippen LogP contribution in [0.5, 0.6) is 0 Å². The number of nitrogens with zero attached hydrogens (tertiary/aromatic N) is 3. The zero-order chi connectivity index (χ0) is 11.5. The molecule has 0 amide bonds. The van der Waals surface area contributed by atoms with E-state index in [4.69, 9.17) is 5.11 Å². The lowest BCUT2D eigenvalue weighted by Crippen LogP contribution is -2.11. The van der Waals surface area contributed by atoms with Crippen molar-refractivity contribution in [2.45, 2.75) is 25.6 Å². The van der Waals surface area contributed by atoms with Gasteiger partial charge in [-0.3, -0.25) is 0 Å². The second kappa shape index (κ2) is 4.28. The number of alkyl halides is 3. The highest BCUT2D eigenvalue weighted by atomic mass is 19.4. The van der Waals surface area contributed by atoms with E-state index in [-0.39, 0.29) is 18.7 Å². The molecule has 0 fully saturated rings. The molecule has 1 aromatic heterocycles. The molecule has 0 atom stereocenters. The third-order valence-corrected chi connectivity index (χ3v) is 1.57. The second-order valence-electron chi connectivity index (χ2n) is 2.85. The van der Waals surface area contributed by atoms with Gasteiger partial charge in [0.2, 0.25) is 0 Å². The summed E-state index contributed by atoms with van der Waals surface area (Å²) >= 11 is 0. The molecular formula is C7H8F3N3O2. The predicted octanol–water partition coefficient (Wildman–Crippen LogP) is 1.32. The fourth-order valence-electron chi connectivity index (χ4n) is 0.924. The van der Waals surface area contributed by atoms with Crippen molar-refractivity contribution in [3.05, 3.63) is 11.9 Å². The zero-order valence-corrected chi connectivity index (χ0v) is 7.53. The first-order chi connectivity index (χ1) is 6.88. The van der Waals surface area contributed by atoms with Gasteiger partial charge in [0.25, 0.3) is 0 Å². The fourth-order valence-corrected chi connectivity index (χ4v) is 0.924. The smallest absolute Gasteiger partial charge is 0.389 e. The van der Waals surface area contributed by atoms with Gasteiger partial charge >= 0.3 is 12.1 Å². The highest BCUT2D eigenvalue weighted by Crippen LogP contribution is 2.21. The molecule has 0 aliphatic rings. The number of carboxylic acids is 1. The number of hydrogen-bond donors (Lipinski definition) is 1. The number of carbonyl (C=O) groups is 1. The zero-order valence-electron chi connectivity index (χ0n) is 7.53. The van der Waals surface area contributed by atoms with E-state index >= 15 is 0 Å². The first-order valence-electron chi connectivity index (χ1n) is 4.08. The summed E-state index contributed by atoms with van der Waals surface area (Å²) in [4.78, 5) is 11.3. The minimum Gasteiger partial charge on any atom is -0.476 e. The van der Waals surface area contributed by atoms with E-state index in [9.17, 15) is 18.0 Å². The van der Waals surface area contributed by atoms with E-state index in [0.717, 1.165) is 11.0 Å². The third-order valence-electron chi connectivity index (χ3n) is 1.57. The minimum absolute atomic E-state index is 0.0488. The molecule has 1 aromatic rings. The van der Waals surface area contributed by atoms with Gasteiger partial charge in [-0.25, -0.2) is 4.79 Å². The molecule has 0 aliphatic heterocycles. The van der Waals surface area contributed by atoms with Gasteiger partial charge in [-0.15, -0.1) is 5.10 Å². The van der Waals surface area contributed by atoms with Crippen LogP contribution in [0.1, 0.15) is 23.3 Å².